The zero-order chi connectivity index (χ0) is 36.3. The number of ether oxygens (including phenoxy) is 2. The highest BCUT2D eigenvalue weighted by Gasteiger charge is 2.14. The molecule has 0 unspecified atom stereocenters. The third-order valence-electron chi connectivity index (χ3n) is 9.54. The zero-order valence-corrected chi connectivity index (χ0v) is 34.2. The van der Waals surface area contributed by atoms with Crippen LogP contribution in [0.2, 0.25) is 0 Å². The van der Waals surface area contributed by atoms with Gasteiger partial charge in [-0.15, -0.1) is 0 Å². The van der Waals surface area contributed by atoms with Crippen LogP contribution in [0.15, 0.2) is 0 Å². The average molecular weight is 696 g/mol. The van der Waals surface area contributed by atoms with Crippen molar-refractivity contribution in [2.75, 3.05) is 19.7 Å². The second-order valence-corrected chi connectivity index (χ2v) is 14.4. The Bertz CT molecular complexity index is 624. The van der Waals surface area contributed by atoms with E-state index in [4.69, 9.17) is 9.47 Å². The van der Waals surface area contributed by atoms with Crippen LogP contribution in [0.3, 0.4) is 0 Å². The summed E-state index contributed by atoms with van der Waals surface area (Å²) in [4.78, 5) is 24.5. The summed E-state index contributed by atoms with van der Waals surface area (Å²) >= 11 is 0. The fourth-order valence-corrected chi connectivity index (χ4v) is 6.35. The SMILES string of the molecule is CC.CCCCCCCCCOC(=O)CCCCCCCNCCCCCCCC(=O)OC(CCCCCCCC)CCCCCCCC. The molecule has 5 heteroatoms. The summed E-state index contributed by atoms with van der Waals surface area (Å²) < 4.78 is 11.4. The maximum Gasteiger partial charge on any atom is 0.306 e. The minimum atomic E-state index is -0.0103. The molecule has 49 heavy (non-hydrogen) atoms. The number of nitrogens with one attached hydrogen (secondary N) is 1. The van der Waals surface area contributed by atoms with Gasteiger partial charge in [0, 0.05) is 12.8 Å². The Labute approximate surface area is 308 Å². The van der Waals surface area contributed by atoms with Gasteiger partial charge >= 0.3 is 11.9 Å². The predicted octanol–water partition coefficient (Wildman–Crippen LogP) is 14.0. The highest BCUT2D eigenvalue weighted by atomic mass is 16.5. The van der Waals surface area contributed by atoms with Crippen molar-refractivity contribution in [3.63, 3.8) is 0 Å². The fraction of sp³-hybridized carbons (Fsp3) is 0.955. The highest BCUT2D eigenvalue weighted by Crippen LogP contribution is 2.18. The maximum atomic E-state index is 12.6. The number of esters is 2. The Kier molecular flexibility index (Phi) is 45.8. The van der Waals surface area contributed by atoms with Crippen LogP contribution in [0.25, 0.3) is 0 Å². The van der Waals surface area contributed by atoms with Gasteiger partial charge in [-0.05, 0) is 70.9 Å². The van der Waals surface area contributed by atoms with Crippen LogP contribution >= 0.6 is 0 Å². The monoisotopic (exact) mass is 696 g/mol. The molecule has 0 aliphatic heterocycles. The average Bonchev–Trinajstić information content (AvgIpc) is 3.11. The summed E-state index contributed by atoms with van der Waals surface area (Å²) in [5.41, 5.74) is 0. The fourth-order valence-electron chi connectivity index (χ4n) is 6.35. The molecule has 0 atom stereocenters. The third-order valence-corrected chi connectivity index (χ3v) is 9.54. The van der Waals surface area contributed by atoms with E-state index in [0.717, 1.165) is 58.0 Å². The van der Waals surface area contributed by atoms with Gasteiger partial charge in [0.2, 0.25) is 0 Å². The van der Waals surface area contributed by atoms with Crippen molar-refractivity contribution < 1.29 is 19.1 Å². The molecular weight excluding hydrogens is 606 g/mol. The van der Waals surface area contributed by atoms with Gasteiger partial charge in [-0.25, -0.2) is 0 Å². The van der Waals surface area contributed by atoms with Crippen molar-refractivity contribution in [2.24, 2.45) is 0 Å². The molecule has 0 aromatic rings. The molecular formula is C44H89NO4. The first kappa shape index (κ1) is 50.0. The van der Waals surface area contributed by atoms with E-state index < -0.39 is 0 Å². The summed E-state index contributed by atoms with van der Waals surface area (Å²) in [6.45, 7) is 13.6. The van der Waals surface area contributed by atoms with Gasteiger partial charge in [0.15, 0.2) is 0 Å². The van der Waals surface area contributed by atoms with Crippen LogP contribution in [-0.4, -0.2) is 37.7 Å². The lowest BCUT2D eigenvalue weighted by Crippen LogP contribution is -2.18. The van der Waals surface area contributed by atoms with Crippen LogP contribution in [0.4, 0.5) is 0 Å². The van der Waals surface area contributed by atoms with Crippen molar-refractivity contribution in [3.8, 4) is 0 Å². The Hall–Kier alpha value is -1.10. The van der Waals surface area contributed by atoms with E-state index >= 15 is 0 Å². The van der Waals surface area contributed by atoms with Crippen molar-refractivity contribution in [1.29, 1.82) is 0 Å². The Morgan fingerprint density at radius 2 is 0.776 bits per heavy atom. The molecule has 5 nitrogen and oxygen atoms in total. The second kappa shape index (κ2) is 44.9. The first-order chi connectivity index (χ1) is 24.1. The van der Waals surface area contributed by atoms with Gasteiger partial charge in [0.1, 0.15) is 6.10 Å². The smallest absolute Gasteiger partial charge is 0.306 e. The Balaban J connectivity index is 0. The molecule has 0 amide bonds. The molecule has 0 fully saturated rings. The lowest BCUT2D eigenvalue weighted by molar-refractivity contribution is -0.150. The van der Waals surface area contributed by atoms with Gasteiger partial charge in [0.05, 0.1) is 6.61 Å². The molecule has 0 spiro atoms. The van der Waals surface area contributed by atoms with E-state index in [2.05, 4.69) is 26.1 Å². The number of carbonyl (C=O) groups excluding carboxylic acids is 2. The highest BCUT2D eigenvalue weighted by molar-refractivity contribution is 5.69. The van der Waals surface area contributed by atoms with E-state index in [1.54, 1.807) is 0 Å². The van der Waals surface area contributed by atoms with Crippen molar-refractivity contribution >= 4 is 11.9 Å². The molecule has 0 radical (unpaired) electrons. The van der Waals surface area contributed by atoms with Gasteiger partial charge in [-0.3, -0.25) is 9.59 Å². The van der Waals surface area contributed by atoms with E-state index in [-0.39, 0.29) is 18.0 Å². The van der Waals surface area contributed by atoms with E-state index in [1.165, 1.54) is 154 Å². The first-order valence-electron chi connectivity index (χ1n) is 22.2. The third kappa shape index (κ3) is 43.0. The molecule has 0 aliphatic rings. The topological polar surface area (TPSA) is 64.6 Å². The molecule has 0 bridgehead atoms. The van der Waals surface area contributed by atoms with Crippen LogP contribution in [0.5, 0.6) is 0 Å². The summed E-state index contributed by atoms with van der Waals surface area (Å²) in [5.74, 6) is 0.0243. The molecule has 0 aromatic heterocycles. The van der Waals surface area contributed by atoms with Crippen molar-refractivity contribution in [2.45, 2.75) is 253 Å². The molecule has 0 saturated heterocycles. The standard InChI is InChI=1S/C42H83NO4.C2H6/c1-4-7-10-13-16-25-32-39-46-41(44)35-28-21-17-23-30-37-43-38-31-24-18-22-29-36-42(45)47-40(33-26-19-14-11-8-5-2)34-27-20-15-12-9-6-3;1-2/h40,43H,4-39H2,1-3H3;1-2H3. The van der Waals surface area contributed by atoms with Gasteiger partial charge < -0.3 is 14.8 Å². The lowest BCUT2D eigenvalue weighted by Gasteiger charge is -2.18. The van der Waals surface area contributed by atoms with Crippen LogP contribution in [0, 0.1) is 0 Å². The Morgan fingerprint density at radius 3 is 1.22 bits per heavy atom. The number of unbranched alkanes of at least 4 members (excludes halogenated alkanes) is 24. The molecule has 0 rings (SSSR count). The minimum Gasteiger partial charge on any atom is -0.466 e. The zero-order valence-electron chi connectivity index (χ0n) is 34.2. The van der Waals surface area contributed by atoms with E-state index in [9.17, 15) is 9.59 Å². The molecule has 0 saturated carbocycles. The van der Waals surface area contributed by atoms with Gasteiger partial charge in [-0.2, -0.15) is 0 Å². The van der Waals surface area contributed by atoms with Crippen molar-refractivity contribution in [3.05, 3.63) is 0 Å². The van der Waals surface area contributed by atoms with Crippen LogP contribution in [-0.2, 0) is 19.1 Å². The van der Waals surface area contributed by atoms with Crippen molar-refractivity contribution in [1.82, 2.24) is 5.32 Å². The predicted molar refractivity (Wildman–Crippen MR) is 214 cm³/mol. The Morgan fingerprint density at radius 1 is 0.429 bits per heavy atom. The number of hydrogen-bond donors (Lipinski definition) is 1. The molecule has 0 heterocycles. The number of rotatable bonds is 39. The molecule has 0 aromatic carbocycles. The molecule has 1 N–H and O–H groups in total. The normalized spacial score (nSPS) is 11.1. The second-order valence-electron chi connectivity index (χ2n) is 14.4. The number of hydrogen-bond acceptors (Lipinski definition) is 5. The molecule has 294 valence electrons. The van der Waals surface area contributed by atoms with Crippen LogP contribution in [0.1, 0.15) is 247 Å². The van der Waals surface area contributed by atoms with Gasteiger partial charge in [0.25, 0.3) is 0 Å². The lowest BCUT2D eigenvalue weighted by atomic mass is 10.0. The summed E-state index contributed by atoms with van der Waals surface area (Å²) in [5, 5.41) is 3.59. The first-order valence-corrected chi connectivity index (χ1v) is 22.2. The van der Waals surface area contributed by atoms with Gasteiger partial charge in [-0.1, -0.05) is 176 Å². The largest absolute Gasteiger partial charge is 0.466 e. The molecule has 0 aliphatic carbocycles. The maximum absolute atomic E-state index is 12.6. The summed E-state index contributed by atoms with van der Waals surface area (Å²) in [7, 11) is 0. The van der Waals surface area contributed by atoms with E-state index in [1.807, 2.05) is 13.8 Å². The van der Waals surface area contributed by atoms with E-state index in [0.29, 0.717) is 19.4 Å². The minimum absolute atomic E-state index is 0.0103. The number of carbonyl (C=O) groups is 2. The summed E-state index contributed by atoms with van der Waals surface area (Å²) in [6.07, 6.45) is 39.2. The van der Waals surface area contributed by atoms with Crippen LogP contribution < -0.4 is 5.32 Å². The quantitative estimate of drug-likeness (QED) is 0.0512. The summed E-state index contributed by atoms with van der Waals surface area (Å²) in [6, 6.07) is 0.